The van der Waals surface area contributed by atoms with Gasteiger partial charge < -0.3 is 34.6 Å². The lowest BCUT2D eigenvalue weighted by molar-refractivity contribution is -0.486. The van der Waals surface area contributed by atoms with Crippen LogP contribution in [0.25, 0.3) is 0 Å². The first kappa shape index (κ1) is 67.2. The second-order valence-corrected chi connectivity index (χ2v) is 21.8. The first-order chi connectivity index (χ1) is 37.4. The highest BCUT2D eigenvalue weighted by molar-refractivity contribution is 8.14. The molecular weight excluding hydrogens is 1180 g/mol. The standard InChI is InChI=1S/C10H13ClN4.C10H11ClN4.C10H12ClN3S.C8H10ClN5O3S.C8H10ClN3O2S.CH4/c1-12-10-13-4-5-15(10)7-8-2-3-9(11)14-6-8;1-8(14-7-12)15(2)6-9-3-4-10(11)13-5-9;1-12-10-14(4-5-15-10)7-8-2-3-9(11)13-6-8;1-12-4-17-5-13(8(12)11-14(15)16)3-6-2-10-7(9)18-6;1-2-6(11-12(13)14)3-4-7-5-10-8(9)15-7;/h2-3,6H,4-5,7H2,1H3,(H,12,13);3-5H,6H2,1-2H3;2-3,6H,4-5,7H2,1H3;2H,3-5H2,1H3;5H,2-4H2,1H3;1H4/b;;;11-8+;11-6+;. The SMILES string of the molecule is C.CC(=NC#N)N(C)Cc1ccc(Cl)nc1.CC/C(CCc1cnc(Cl)s1)=N\[N+](=O)[O-].CN1COCN(Cc2cnc(Cl)s2)/C1=N/[N+](=O)[O-].CN=C1NCCN1Cc1ccc(Cl)nc1.CN=C1SCCN1Cc1ccc(Cl)nc1. The Labute approximate surface area is 496 Å². The number of nitrogens with zero attached hydrogens (tertiary/aromatic N) is 18. The van der Waals surface area contributed by atoms with Crippen molar-refractivity contribution in [1.82, 2.24) is 54.7 Å². The number of thiazole rings is 2. The minimum Gasteiger partial charge on any atom is -0.358 e. The lowest BCUT2D eigenvalue weighted by atomic mass is 10.1. The summed E-state index contributed by atoms with van der Waals surface area (Å²) in [6, 6.07) is 11.3. The van der Waals surface area contributed by atoms with Gasteiger partial charge in [-0.3, -0.25) is 9.98 Å². The topological polar surface area (TPSA) is 274 Å². The van der Waals surface area contributed by atoms with Crippen molar-refractivity contribution in [1.29, 1.82) is 5.26 Å². The van der Waals surface area contributed by atoms with E-state index in [1.807, 2.05) is 62.4 Å². The summed E-state index contributed by atoms with van der Waals surface area (Å²) in [7, 11) is 7.17. The molecule has 24 nitrogen and oxygen atoms in total. The maximum atomic E-state index is 10.5. The van der Waals surface area contributed by atoms with E-state index in [4.69, 9.17) is 68.0 Å². The number of amidine groups is 2. The molecule has 0 aliphatic carbocycles. The molecule has 0 atom stereocenters. The molecule has 3 aliphatic rings. The zero-order valence-corrected chi connectivity index (χ0v) is 49.5. The van der Waals surface area contributed by atoms with E-state index in [2.05, 4.69) is 65.2 Å². The molecule has 0 spiro atoms. The summed E-state index contributed by atoms with van der Waals surface area (Å²) in [5, 5.41) is 40.3. The largest absolute Gasteiger partial charge is 0.358 e. The fourth-order valence-corrected chi connectivity index (χ4v) is 10.0. The smallest absolute Gasteiger partial charge is 0.277 e. The van der Waals surface area contributed by atoms with Gasteiger partial charge in [-0.25, -0.2) is 45.1 Å². The summed E-state index contributed by atoms with van der Waals surface area (Å²) in [6.07, 6.45) is 12.3. The van der Waals surface area contributed by atoms with E-state index < -0.39 is 10.1 Å². The van der Waals surface area contributed by atoms with Gasteiger partial charge in [0, 0.05) is 114 Å². The summed E-state index contributed by atoms with van der Waals surface area (Å²) in [4.78, 5) is 64.1. The number of nitrogens with one attached hydrogen (secondary N) is 1. The molecule has 5 aromatic heterocycles. The number of halogens is 5. The Kier molecular flexibility index (Phi) is 30.8. The monoisotopic (exact) mass is 1240 g/mol. The fourth-order valence-electron chi connectivity index (χ4n) is 6.77. The summed E-state index contributed by atoms with van der Waals surface area (Å²) < 4.78 is 6.21. The molecule has 426 valence electrons. The van der Waals surface area contributed by atoms with Crippen LogP contribution in [0.4, 0.5) is 0 Å². The minimum atomic E-state index is -0.718. The van der Waals surface area contributed by atoms with E-state index >= 15 is 0 Å². The molecule has 0 aromatic carbocycles. The van der Waals surface area contributed by atoms with Gasteiger partial charge in [0.2, 0.25) is 6.19 Å². The van der Waals surface area contributed by atoms with Crippen LogP contribution in [0.15, 0.2) is 92.6 Å². The average molecular weight is 1240 g/mol. The van der Waals surface area contributed by atoms with Crippen LogP contribution in [0.5, 0.6) is 0 Å². The van der Waals surface area contributed by atoms with Gasteiger partial charge in [0.25, 0.3) is 5.96 Å². The molecule has 0 amide bonds. The molecule has 8 rings (SSSR count). The van der Waals surface area contributed by atoms with Crippen LogP contribution >= 0.6 is 92.4 Å². The average Bonchev–Trinajstić information content (AvgIpc) is 4.26. The van der Waals surface area contributed by atoms with E-state index in [1.165, 1.54) is 28.2 Å². The van der Waals surface area contributed by atoms with Crippen LogP contribution in [0.1, 0.15) is 60.6 Å². The number of pyridine rings is 3. The van der Waals surface area contributed by atoms with Crippen LogP contribution in [0.3, 0.4) is 0 Å². The Morgan fingerprint density at radius 3 is 1.87 bits per heavy atom. The first-order valence-electron chi connectivity index (χ1n) is 23.3. The van der Waals surface area contributed by atoms with E-state index in [-0.39, 0.29) is 26.8 Å². The maximum Gasteiger partial charge on any atom is 0.277 e. The first-order valence-corrected chi connectivity index (χ1v) is 27.8. The van der Waals surface area contributed by atoms with Crippen LogP contribution in [-0.2, 0) is 37.3 Å². The number of aromatic nitrogens is 5. The number of nitro groups is 2. The third-order valence-corrected chi connectivity index (χ3v) is 14.6. The van der Waals surface area contributed by atoms with Crippen molar-refractivity contribution in [2.24, 2.45) is 25.2 Å². The van der Waals surface area contributed by atoms with Crippen LogP contribution < -0.4 is 5.32 Å². The number of aliphatic imine (C=N–C) groups is 3. The van der Waals surface area contributed by atoms with Crippen molar-refractivity contribution in [2.45, 2.75) is 66.7 Å². The molecule has 79 heavy (non-hydrogen) atoms. The third kappa shape index (κ3) is 25.3. The van der Waals surface area contributed by atoms with E-state index in [0.29, 0.717) is 68.3 Å². The Balaban J connectivity index is 0.000000259. The Morgan fingerprint density at radius 1 is 0.797 bits per heavy atom. The third-order valence-electron chi connectivity index (χ3n) is 10.5. The molecule has 0 saturated carbocycles. The highest BCUT2D eigenvalue weighted by atomic mass is 35.5. The molecule has 0 radical (unpaired) electrons. The number of nitriles is 1. The fraction of sp³-hybridized carbons (Fsp3) is 0.426. The number of rotatable bonds is 14. The predicted octanol–water partition coefficient (Wildman–Crippen LogP) is 9.89. The van der Waals surface area contributed by atoms with E-state index in [0.717, 1.165) is 70.5 Å². The molecule has 0 unspecified atom stereocenters. The number of thioether (sulfide) groups is 1. The maximum absolute atomic E-state index is 10.5. The molecule has 8 heterocycles. The van der Waals surface area contributed by atoms with Crippen LogP contribution in [0.2, 0.25) is 24.4 Å². The molecule has 5 aromatic rings. The van der Waals surface area contributed by atoms with Crippen molar-refractivity contribution >= 4 is 121 Å². The van der Waals surface area contributed by atoms with Crippen LogP contribution in [-0.4, -0.2) is 155 Å². The van der Waals surface area contributed by atoms with Gasteiger partial charge in [-0.2, -0.15) is 10.3 Å². The number of ether oxygens (including phenoxy) is 1. The molecule has 3 fully saturated rings. The van der Waals surface area contributed by atoms with Gasteiger partial charge in [0.05, 0.1) is 17.4 Å². The quantitative estimate of drug-likeness (QED) is 0.0270. The zero-order chi connectivity index (χ0) is 57.0. The van der Waals surface area contributed by atoms with Crippen molar-refractivity contribution in [2.75, 3.05) is 67.0 Å². The number of hydrazone groups is 2. The molecular formula is C47H60Cl5N19O5S3. The Hall–Kier alpha value is -6.09. The summed E-state index contributed by atoms with van der Waals surface area (Å²) >= 11 is 33.0. The van der Waals surface area contributed by atoms with Gasteiger partial charge >= 0.3 is 0 Å². The van der Waals surface area contributed by atoms with Gasteiger partial charge in [0.1, 0.15) is 39.9 Å². The summed E-state index contributed by atoms with van der Waals surface area (Å²) in [5.74, 6) is 3.00. The lowest BCUT2D eigenvalue weighted by Crippen LogP contribution is -2.49. The molecule has 0 bridgehead atoms. The van der Waals surface area contributed by atoms with Gasteiger partial charge in [-0.15, -0.1) is 22.7 Å². The number of hydrogen-bond donors (Lipinski definition) is 1. The number of aryl methyl sites for hydroxylation is 1. The zero-order valence-electron chi connectivity index (χ0n) is 43.2. The van der Waals surface area contributed by atoms with Gasteiger partial charge in [-0.05, 0) is 61.1 Å². The van der Waals surface area contributed by atoms with E-state index in [9.17, 15) is 20.2 Å². The molecule has 3 saturated heterocycles. The normalized spacial score (nSPS) is 15.5. The highest BCUT2D eigenvalue weighted by Gasteiger charge is 2.26. The van der Waals surface area contributed by atoms with Gasteiger partial charge in [0.15, 0.2) is 30.1 Å². The van der Waals surface area contributed by atoms with Crippen molar-refractivity contribution in [3.63, 3.8) is 0 Å². The van der Waals surface area contributed by atoms with Crippen LogP contribution in [0, 0.1) is 31.7 Å². The van der Waals surface area contributed by atoms with Crippen molar-refractivity contribution in [3.05, 3.63) is 138 Å². The minimum absolute atomic E-state index is 0. The lowest BCUT2D eigenvalue weighted by Gasteiger charge is -2.34. The number of guanidine groups is 2. The van der Waals surface area contributed by atoms with Gasteiger partial charge in [-0.1, -0.05) is 102 Å². The Bertz CT molecular complexity index is 2800. The second kappa shape index (κ2) is 36.2. The molecule has 1 N–H and O–H groups in total. The van der Waals surface area contributed by atoms with E-state index in [1.54, 1.807) is 79.6 Å². The molecule has 3 aliphatic heterocycles. The van der Waals surface area contributed by atoms with Crippen molar-refractivity contribution in [3.8, 4) is 6.19 Å². The predicted molar refractivity (Wildman–Crippen MR) is 319 cm³/mol. The second-order valence-electron chi connectivity index (χ2n) is 16.2. The Morgan fingerprint density at radius 2 is 1.38 bits per heavy atom. The summed E-state index contributed by atoms with van der Waals surface area (Å²) in [5.41, 5.74) is 3.92. The summed E-state index contributed by atoms with van der Waals surface area (Å²) in [6.45, 7) is 9.90. The molecule has 32 heteroatoms. The highest BCUT2D eigenvalue weighted by Crippen LogP contribution is 2.23. The number of hydrogen-bond acceptors (Lipinski definition) is 17. The van der Waals surface area contributed by atoms with Crippen molar-refractivity contribution < 1.29 is 14.8 Å².